The highest BCUT2D eigenvalue weighted by Gasteiger charge is 2.64. The summed E-state index contributed by atoms with van der Waals surface area (Å²) in [4.78, 5) is 0. The van der Waals surface area contributed by atoms with Crippen molar-refractivity contribution in [3.63, 3.8) is 0 Å². The van der Waals surface area contributed by atoms with E-state index in [1.165, 1.54) is 19.3 Å². The van der Waals surface area contributed by atoms with Crippen LogP contribution in [0.1, 0.15) is 32.1 Å². The molecule has 0 amide bonds. The predicted molar refractivity (Wildman–Crippen MR) is 75.4 cm³/mol. The molecule has 0 spiro atoms. The van der Waals surface area contributed by atoms with Crippen LogP contribution in [0.25, 0.3) is 0 Å². The number of hydrogen-bond acceptors (Lipinski definition) is 4. The topological polar surface area (TPSA) is 50.7 Å². The molecule has 1 heterocycles. The minimum Gasteiger partial charge on any atom is -0.389 e. The molecule has 4 heteroatoms. The fourth-order valence-corrected chi connectivity index (χ4v) is 5.04. The third kappa shape index (κ3) is 2.52. The van der Waals surface area contributed by atoms with E-state index in [2.05, 4.69) is 5.32 Å². The average molecular weight is 281 g/mol. The minimum atomic E-state index is -0.379. The van der Waals surface area contributed by atoms with Gasteiger partial charge >= 0.3 is 0 Å². The summed E-state index contributed by atoms with van der Waals surface area (Å²) in [5.41, 5.74) is 0. The number of nitrogens with one attached hydrogen (secondary N) is 1. The van der Waals surface area contributed by atoms with Crippen LogP contribution in [0.4, 0.5) is 0 Å². The Hall–Kier alpha value is -0.160. The van der Waals surface area contributed by atoms with Crippen LogP contribution < -0.4 is 5.32 Å². The van der Waals surface area contributed by atoms with Crippen molar-refractivity contribution in [2.24, 2.45) is 23.7 Å². The largest absolute Gasteiger partial charge is 0.389 e. The van der Waals surface area contributed by atoms with Crippen LogP contribution in [0, 0.1) is 23.7 Å². The highest BCUT2D eigenvalue weighted by molar-refractivity contribution is 5.16. The predicted octanol–water partition coefficient (Wildman–Crippen LogP) is 1.18. The molecule has 0 radical (unpaired) electrons. The summed E-state index contributed by atoms with van der Waals surface area (Å²) < 4.78 is 11.1. The molecule has 20 heavy (non-hydrogen) atoms. The molecule has 2 N–H and O–H groups in total. The number of fused-ring (bicyclic) bond motifs is 5. The molecule has 3 saturated carbocycles. The maximum Gasteiger partial charge on any atom is 0.0897 e. The van der Waals surface area contributed by atoms with Gasteiger partial charge in [0.2, 0.25) is 0 Å². The highest BCUT2D eigenvalue weighted by Crippen LogP contribution is 2.65. The van der Waals surface area contributed by atoms with Crippen molar-refractivity contribution < 1.29 is 14.6 Å². The minimum absolute atomic E-state index is 0.258. The molecule has 4 fully saturated rings. The Balaban J connectivity index is 1.11. The van der Waals surface area contributed by atoms with Gasteiger partial charge in [-0.3, -0.25) is 0 Å². The van der Waals surface area contributed by atoms with E-state index in [0.717, 1.165) is 43.1 Å². The fourth-order valence-electron chi connectivity index (χ4n) is 5.04. The van der Waals surface area contributed by atoms with Crippen molar-refractivity contribution in [3.8, 4) is 0 Å². The van der Waals surface area contributed by atoms with Crippen LogP contribution in [0.5, 0.6) is 0 Å². The van der Waals surface area contributed by atoms with E-state index >= 15 is 0 Å². The zero-order valence-electron chi connectivity index (χ0n) is 12.2. The Morgan fingerprint density at radius 2 is 2.00 bits per heavy atom. The molecule has 4 nitrogen and oxygen atoms in total. The Kier molecular flexibility index (Phi) is 3.75. The van der Waals surface area contributed by atoms with Crippen molar-refractivity contribution in [2.75, 3.05) is 26.4 Å². The van der Waals surface area contributed by atoms with Gasteiger partial charge in [0.25, 0.3) is 0 Å². The lowest BCUT2D eigenvalue weighted by atomic mass is 10.0. The van der Waals surface area contributed by atoms with E-state index < -0.39 is 0 Å². The zero-order chi connectivity index (χ0) is 13.5. The third-order valence-corrected chi connectivity index (χ3v) is 5.96. The third-order valence-electron chi connectivity index (χ3n) is 5.96. The second kappa shape index (κ2) is 5.56. The summed E-state index contributed by atoms with van der Waals surface area (Å²) in [6.07, 6.45) is 6.52. The Morgan fingerprint density at radius 3 is 2.70 bits per heavy atom. The van der Waals surface area contributed by atoms with E-state index in [4.69, 9.17) is 9.47 Å². The maximum atomic E-state index is 9.98. The molecule has 3 aliphatic carbocycles. The highest BCUT2D eigenvalue weighted by atomic mass is 16.5. The summed E-state index contributed by atoms with van der Waals surface area (Å²) in [6.45, 7) is 2.62. The molecule has 0 aromatic carbocycles. The molecular formula is C16H27NO3. The van der Waals surface area contributed by atoms with E-state index in [1.54, 1.807) is 0 Å². The molecule has 4 rings (SSSR count). The monoisotopic (exact) mass is 281 g/mol. The molecule has 114 valence electrons. The van der Waals surface area contributed by atoms with Gasteiger partial charge in [-0.05, 0) is 55.8 Å². The summed E-state index contributed by atoms with van der Waals surface area (Å²) in [5.74, 6) is 3.87. The Morgan fingerprint density at radius 1 is 1.20 bits per heavy atom. The summed E-state index contributed by atoms with van der Waals surface area (Å²) in [5, 5.41) is 13.6. The molecule has 1 saturated heterocycles. The normalized spacial score (nSPS) is 46.6. The number of rotatable bonds is 7. The van der Waals surface area contributed by atoms with Gasteiger partial charge < -0.3 is 19.9 Å². The van der Waals surface area contributed by atoms with Gasteiger partial charge in [-0.15, -0.1) is 0 Å². The van der Waals surface area contributed by atoms with Crippen molar-refractivity contribution in [1.82, 2.24) is 5.32 Å². The van der Waals surface area contributed by atoms with Crippen molar-refractivity contribution >= 4 is 0 Å². The molecule has 1 aliphatic heterocycles. The lowest BCUT2D eigenvalue weighted by molar-refractivity contribution is -0.0166. The molecule has 4 aliphatic rings. The van der Waals surface area contributed by atoms with Gasteiger partial charge in [-0.2, -0.15) is 0 Å². The molecular weight excluding hydrogens is 254 g/mol. The van der Waals surface area contributed by atoms with Crippen LogP contribution in [0.15, 0.2) is 0 Å². The Labute approximate surface area is 121 Å². The Bertz CT molecular complexity index is 329. The zero-order valence-corrected chi connectivity index (χ0v) is 12.2. The van der Waals surface area contributed by atoms with Crippen molar-refractivity contribution in [2.45, 2.75) is 50.4 Å². The van der Waals surface area contributed by atoms with Gasteiger partial charge in [0, 0.05) is 19.2 Å². The van der Waals surface area contributed by atoms with Gasteiger partial charge in [-0.25, -0.2) is 0 Å². The van der Waals surface area contributed by atoms with Crippen molar-refractivity contribution in [3.05, 3.63) is 0 Å². The SMILES string of the molecule is OC(CNC1C2C3CCC(C3)C12)COCC1CCCO1. The van der Waals surface area contributed by atoms with Crippen LogP contribution in [-0.2, 0) is 9.47 Å². The maximum absolute atomic E-state index is 9.98. The van der Waals surface area contributed by atoms with Crippen LogP contribution in [0.3, 0.4) is 0 Å². The number of hydrogen-bond donors (Lipinski definition) is 2. The second-order valence-electron chi connectivity index (χ2n) is 7.25. The van der Waals surface area contributed by atoms with Crippen LogP contribution in [0.2, 0.25) is 0 Å². The quantitative estimate of drug-likeness (QED) is 0.736. The molecule has 6 unspecified atom stereocenters. The summed E-state index contributed by atoms with van der Waals surface area (Å²) >= 11 is 0. The number of ether oxygens (including phenoxy) is 2. The first-order valence-electron chi connectivity index (χ1n) is 8.43. The molecule has 0 aromatic heterocycles. The standard InChI is InChI=1S/C16H27NO3/c18-12(8-19-9-13-2-1-5-20-13)7-17-16-14-10-3-4-11(6-10)15(14)16/h10-18H,1-9H2. The average Bonchev–Trinajstić information content (AvgIpc) is 2.88. The van der Waals surface area contributed by atoms with E-state index in [0.29, 0.717) is 25.8 Å². The summed E-state index contributed by atoms with van der Waals surface area (Å²) in [6, 6.07) is 0.703. The van der Waals surface area contributed by atoms with E-state index in [9.17, 15) is 5.11 Å². The van der Waals surface area contributed by atoms with Gasteiger partial charge in [0.15, 0.2) is 0 Å². The first kappa shape index (κ1) is 13.5. The molecule has 6 atom stereocenters. The van der Waals surface area contributed by atoms with E-state index in [1.807, 2.05) is 0 Å². The lowest BCUT2D eigenvalue weighted by Crippen LogP contribution is -2.34. The van der Waals surface area contributed by atoms with Crippen molar-refractivity contribution in [1.29, 1.82) is 0 Å². The first-order chi connectivity index (χ1) is 9.83. The molecule has 0 aromatic rings. The van der Waals surface area contributed by atoms with Gasteiger partial charge in [-0.1, -0.05) is 0 Å². The number of aliphatic hydroxyl groups excluding tert-OH is 1. The van der Waals surface area contributed by atoms with Crippen LogP contribution in [-0.4, -0.2) is 49.7 Å². The van der Waals surface area contributed by atoms with Gasteiger partial charge in [0.1, 0.15) is 0 Å². The fraction of sp³-hybridized carbons (Fsp3) is 1.00. The van der Waals surface area contributed by atoms with Gasteiger partial charge in [0.05, 0.1) is 25.4 Å². The second-order valence-corrected chi connectivity index (χ2v) is 7.25. The number of aliphatic hydroxyl groups is 1. The summed E-state index contributed by atoms with van der Waals surface area (Å²) in [7, 11) is 0. The first-order valence-corrected chi connectivity index (χ1v) is 8.43. The smallest absolute Gasteiger partial charge is 0.0897 e. The molecule has 2 bridgehead atoms. The lowest BCUT2D eigenvalue weighted by Gasteiger charge is -2.16. The van der Waals surface area contributed by atoms with E-state index in [-0.39, 0.29) is 12.2 Å². The van der Waals surface area contributed by atoms with Crippen LogP contribution >= 0.6 is 0 Å².